The van der Waals surface area contributed by atoms with Crippen molar-refractivity contribution in [2.45, 2.75) is 39.8 Å². The molecule has 0 aliphatic rings. The van der Waals surface area contributed by atoms with Gasteiger partial charge in [0.2, 0.25) is 11.8 Å². The minimum atomic E-state index is -0.944. The monoisotopic (exact) mass is 500 g/mol. The van der Waals surface area contributed by atoms with Gasteiger partial charge in [-0.2, -0.15) is 0 Å². The van der Waals surface area contributed by atoms with Crippen LogP contribution in [0.15, 0.2) is 73.1 Å². The molecule has 0 spiro atoms. The summed E-state index contributed by atoms with van der Waals surface area (Å²) < 4.78 is 7.25. The molecule has 37 heavy (non-hydrogen) atoms. The molecule has 192 valence electrons. The second-order valence-electron chi connectivity index (χ2n) is 9.09. The highest BCUT2D eigenvalue weighted by Gasteiger charge is 2.33. The van der Waals surface area contributed by atoms with Crippen LogP contribution < -0.4 is 15.0 Å². The molecule has 0 saturated carbocycles. The predicted molar refractivity (Wildman–Crippen MR) is 142 cm³/mol. The molecule has 0 fully saturated rings. The van der Waals surface area contributed by atoms with E-state index in [1.165, 1.54) is 4.90 Å². The zero-order valence-corrected chi connectivity index (χ0v) is 21.4. The van der Waals surface area contributed by atoms with Crippen molar-refractivity contribution in [3.05, 3.63) is 78.6 Å². The molecule has 0 radical (unpaired) electrons. The summed E-state index contributed by atoms with van der Waals surface area (Å²) >= 11 is 0. The number of nitrogens with one attached hydrogen (secondary N) is 1. The number of benzene rings is 2. The number of nitrogens with zero attached hydrogens (tertiary/aromatic N) is 5. The van der Waals surface area contributed by atoms with Crippen molar-refractivity contribution in [2.24, 2.45) is 5.92 Å². The summed E-state index contributed by atoms with van der Waals surface area (Å²) in [5.41, 5.74) is 2.56. The highest BCUT2D eigenvalue weighted by Crippen LogP contribution is 2.31. The van der Waals surface area contributed by atoms with Gasteiger partial charge in [0.1, 0.15) is 23.9 Å². The van der Waals surface area contributed by atoms with Crippen molar-refractivity contribution < 1.29 is 14.3 Å². The third-order valence-electron chi connectivity index (χ3n) is 5.91. The summed E-state index contributed by atoms with van der Waals surface area (Å²) in [4.78, 5) is 33.4. The van der Waals surface area contributed by atoms with Crippen LogP contribution in [0.4, 0.5) is 5.69 Å². The van der Waals surface area contributed by atoms with Crippen molar-refractivity contribution >= 4 is 28.5 Å². The highest BCUT2D eigenvalue weighted by molar-refractivity contribution is 6.01. The molecular weight excluding hydrogens is 468 g/mol. The molecule has 1 N–H and O–H groups in total. The lowest BCUT2D eigenvalue weighted by molar-refractivity contribution is -0.127. The van der Waals surface area contributed by atoms with E-state index in [4.69, 9.17) is 4.74 Å². The molecule has 1 atom stereocenters. The summed E-state index contributed by atoms with van der Waals surface area (Å²) in [6.07, 6.45) is 4.08. The maximum atomic E-state index is 14.0. The number of aromatic nitrogens is 4. The Kier molecular flexibility index (Phi) is 8.45. The molecule has 2 heterocycles. The quantitative estimate of drug-likeness (QED) is 0.332. The van der Waals surface area contributed by atoms with Gasteiger partial charge in [-0.25, -0.2) is 4.68 Å². The first kappa shape index (κ1) is 25.8. The van der Waals surface area contributed by atoms with Crippen molar-refractivity contribution in [2.75, 3.05) is 18.1 Å². The van der Waals surface area contributed by atoms with Crippen LogP contribution in [0.2, 0.25) is 0 Å². The molecule has 2 aromatic heterocycles. The molecule has 2 aromatic carbocycles. The van der Waals surface area contributed by atoms with E-state index in [0.29, 0.717) is 41.6 Å². The number of hydrogen-bond donors (Lipinski definition) is 1. The first-order chi connectivity index (χ1) is 18.0. The predicted octanol–water partition coefficient (Wildman–Crippen LogP) is 4.16. The van der Waals surface area contributed by atoms with Crippen molar-refractivity contribution in [1.82, 2.24) is 25.3 Å². The van der Waals surface area contributed by atoms with E-state index in [0.717, 1.165) is 11.9 Å². The van der Waals surface area contributed by atoms with Crippen LogP contribution in [0.5, 0.6) is 5.75 Å². The van der Waals surface area contributed by atoms with E-state index in [1.807, 2.05) is 43.3 Å². The zero-order chi connectivity index (χ0) is 26.2. The fraction of sp³-hybridized carbons (Fsp3) is 0.321. The van der Waals surface area contributed by atoms with Crippen LogP contribution >= 0.6 is 0 Å². The Hall–Kier alpha value is -4.27. The fourth-order valence-electron chi connectivity index (χ4n) is 4.10. The lowest BCUT2D eigenvalue weighted by atomic mass is 10.0. The van der Waals surface area contributed by atoms with E-state index in [2.05, 4.69) is 34.5 Å². The molecule has 0 aliphatic carbocycles. The molecule has 0 bridgehead atoms. The molecule has 0 aliphatic heterocycles. The maximum Gasteiger partial charge on any atom is 0.249 e. The van der Waals surface area contributed by atoms with Gasteiger partial charge in [-0.1, -0.05) is 43.3 Å². The Bertz CT molecular complexity index is 1340. The summed E-state index contributed by atoms with van der Waals surface area (Å²) in [7, 11) is 0. The average molecular weight is 501 g/mol. The second-order valence-corrected chi connectivity index (χ2v) is 9.09. The molecule has 4 rings (SSSR count). The largest absolute Gasteiger partial charge is 0.494 e. The summed E-state index contributed by atoms with van der Waals surface area (Å²) in [5.74, 6) is 0.428. The third kappa shape index (κ3) is 6.30. The highest BCUT2D eigenvalue weighted by atomic mass is 16.5. The minimum Gasteiger partial charge on any atom is -0.494 e. The van der Waals surface area contributed by atoms with Crippen molar-refractivity contribution in [1.29, 1.82) is 0 Å². The number of carbonyl (C=O) groups is 2. The van der Waals surface area contributed by atoms with E-state index in [-0.39, 0.29) is 18.4 Å². The van der Waals surface area contributed by atoms with Gasteiger partial charge in [0.05, 0.1) is 12.1 Å². The van der Waals surface area contributed by atoms with Gasteiger partial charge in [0, 0.05) is 36.3 Å². The molecule has 9 nitrogen and oxygen atoms in total. The smallest absolute Gasteiger partial charge is 0.249 e. The topological polar surface area (TPSA) is 102 Å². The van der Waals surface area contributed by atoms with Gasteiger partial charge in [0.25, 0.3) is 0 Å². The molecule has 0 saturated heterocycles. The number of carbonyl (C=O) groups excluding carboxylic acids is 2. The minimum absolute atomic E-state index is 0.102. The van der Waals surface area contributed by atoms with Crippen LogP contribution in [0.3, 0.4) is 0 Å². The maximum absolute atomic E-state index is 14.0. The summed E-state index contributed by atoms with van der Waals surface area (Å²) in [6.45, 7) is 6.97. The Balaban J connectivity index is 1.76. The standard InChI is InChI=1S/C28H32N6O3/c1-4-37-23-11-7-10-22(17-23)34(26(35)19-33-25-13-6-5-12-24(25)31-32-33)27(21-9-8-15-29-18-21)28(36)30-16-14-20(2)3/h5-13,15,17-18,20,27H,4,14,16,19H2,1-3H3,(H,30,36). The van der Waals surface area contributed by atoms with Gasteiger partial charge in [-0.3, -0.25) is 19.5 Å². The Labute approximate surface area is 216 Å². The first-order valence-corrected chi connectivity index (χ1v) is 12.5. The molecule has 1 unspecified atom stereocenters. The van der Waals surface area contributed by atoms with Gasteiger partial charge >= 0.3 is 0 Å². The average Bonchev–Trinajstić information content (AvgIpc) is 3.30. The Morgan fingerprint density at radius 2 is 1.92 bits per heavy atom. The van der Waals surface area contributed by atoms with Crippen LogP contribution in [-0.2, 0) is 16.1 Å². The SMILES string of the molecule is CCOc1cccc(N(C(=O)Cn2nnc3ccccc32)C(C(=O)NCCC(C)C)c2cccnc2)c1. The zero-order valence-electron chi connectivity index (χ0n) is 21.4. The number of amides is 2. The molecule has 9 heteroatoms. The Morgan fingerprint density at radius 3 is 2.68 bits per heavy atom. The van der Waals surface area contributed by atoms with E-state index < -0.39 is 6.04 Å². The van der Waals surface area contributed by atoms with Crippen LogP contribution in [0.1, 0.15) is 38.8 Å². The lowest BCUT2D eigenvalue weighted by Crippen LogP contribution is -2.45. The van der Waals surface area contributed by atoms with Crippen molar-refractivity contribution in [3.8, 4) is 5.75 Å². The number of fused-ring (bicyclic) bond motifs is 1. The van der Waals surface area contributed by atoms with Gasteiger partial charge < -0.3 is 10.1 Å². The van der Waals surface area contributed by atoms with E-state index in [1.54, 1.807) is 41.3 Å². The number of hydrogen-bond acceptors (Lipinski definition) is 6. The Morgan fingerprint density at radius 1 is 1.08 bits per heavy atom. The fourth-order valence-corrected chi connectivity index (χ4v) is 4.10. The molecule has 2 amide bonds. The number of ether oxygens (including phenoxy) is 1. The second kappa shape index (κ2) is 12.1. The number of rotatable bonds is 11. The lowest BCUT2D eigenvalue weighted by Gasteiger charge is -2.31. The third-order valence-corrected chi connectivity index (χ3v) is 5.91. The van der Waals surface area contributed by atoms with Gasteiger partial charge in [-0.15, -0.1) is 5.10 Å². The van der Waals surface area contributed by atoms with Crippen LogP contribution in [0.25, 0.3) is 11.0 Å². The molecule has 4 aromatic rings. The van der Waals surface area contributed by atoms with E-state index >= 15 is 0 Å². The molecular formula is C28H32N6O3. The van der Waals surface area contributed by atoms with Crippen LogP contribution in [0, 0.1) is 5.92 Å². The van der Waals surface area contributed by atoms with E-state index in [9.17, 15) is 9.59 Å². The summed E-state index contributed by atoms with van der Waals surface area (Å²) in [6, 6.07) is 17.3. The van der Waals surface area contributed by atoms with Crippen molar-refractivity contribution in [3.63, 3.8) is 0 Å². The summed E-state index contributed by atoms with van der Waals surface area (Å²) in [5, 5.41) is 11.4. The van der Waals surface area contributed by atoms with Crippen LogP contribution in [-0.4, -0.2) is 44.9 Å². The number of anilines is 1. The normalized spacial score (nSPS) is 11.9. The van der Waals surface area contributed by atoms with Gasteiger partial charge in [-0.05, 0) is 49.6 Å². The first-order valence-electron chi connectivity index (χ1n) is 12.5. The number of para-hydroxylation sites is 1. The van der Waals surface area contributed by atoms with Gasteiger partial charge in [0.15, 0.2) is 0 Å². The number of pyridine rings is 1.